The van der Waals surface area contributed by atoms with Crippen molar-refractivity contribution in [1.82, 2.24) is 0 Å². The molecule has 0 amide bonds. The van der Waals surface area contributed by atoms with Crippen molar-refractivity contribution in [3.63, 3.8) is 0 Å². The minimum Gasteiger partial charge on any atom is -0.478 e. The minimum absolute atomic E-state index is 0.0921. The molecule has 0 saturated carbocycles. The normalized spacial score (nSPS) is 12.3. The van der Waals surface area contributed by atoms with Crippen LogP contribution in [0, 0.1) is 11.6 Å². The Kier molecular flexibility index (Phi) is 3.09. The quantitative estimate of drug-likeness (QED) is 0.910. The Morgan fingerprint density at radius 1 is 1.10 bits per heavy atom. The summed E-state index contributed by atoms with van der Waals surface area (Å²) in [6.07, 6.45) is 0. The molecule has 0 aromatic heterocycles. The molecule has 0 spiro atoms. The second-order valence-corrected chi connectivity index (χ2v) is 4.31. The molecule has 0 saturated heterocycles. The maximum Gasteiger partial charge on any atom is 0.335 e. The molecule has 1 heterocycles. The lowest BCUT2D eigenvalue weighted by atomic mass is 10.1. The molecule has 0 aliphatic carbocycles. The zero-order valence-corrected chi connectivity index (χ0v) is 10.5. The van der Waals surface area contributed by atoms with Gasteiger partial charge in [-0.3, -0.25) is 0 Å². The van der Waals surface area contributed by atoms with E-state index in [1.165, 1.54) is 6.07 Å². The van der Waals surface area contributed by atoms with Crippen LogP contribution in [0.3, 0.4) is 0 Å². The van der Waals surface area contributed by atoms with E-state index in [9.17, 15) is 13.6 Å². The lowest BCUT2D eigenvalue weighted by Gasteiger charge is -2.10. The summed E-state index contributed by atoms with van der Waals surface area (Å²) in [4.78, 5) is 10.7. The molecule has 3 rings (SSSR count). The molecule has 1 aliphatic heterocycles. The highest BCUT2D eigenvalue weighted by atomic mass is 19.1. The van der Waals surface area contributed by atoms with E-state index in [1.807, 2.05) is 0 Å². The molecule has 0 radical (unpaired) electrons. The highest BCUT2D eigenvalue weighted by Gasteiger charge is 2.17. The van der Waals surface area contributed by atoms with Gasteiger partial charge >= 0.3 is 5.97 Å². The molecule has 5 nitrogen and oxygen atoms in total. The fourth-order valence-electron chi connectivity index (χ4n) is 1.93. The molecule has 21 heavy (non-hydrogen) atoms. The molecule has 2 aromatic carbocycles. The number of aromatic carboxylic acids is 1. The molecular weight excluding hydrogens is 284 g/mol. The van der Waals surface area contributed by atoms with E-state index in [1.54, 1.807) is 12.1 Å². The molecule has 0 fully saturated rings. The van der Waals surface area contributed by atoms with E-state index in [-0.39, 0.29) is 6.79 Å². The van der Waals surface area contributed by atoms with Crippen molar-refractivity contribution in [2.75, 3.05) is 12.1 Å². The average Bonchev–Trinajstić information content (AvgIpc) is 2.90. The summed E-state index contributed by atoms with van der Waals surface area (Å²) in [5, 5.41) is 11.3. The van der Waals surface area contributed by atoms with E-state index >= 15 is 0 Å². The lowest BCUT2D eigenvalue weighted by Crippen LogP contribution is -2.03. The van der Waals surface area contributed by atoms with Crippen molar-refractivity contribution in [2.24, 2.45) is 0 Å². The summed E-state index contributed by atoms with van der Waals surface area (Å²) in [6.45, 7) is 0.0921. The number of hydrogen-bond donors (Lipinski definition) is 2. The summed E-state index contributed by atoms with van der Waals surface area (Å²) >= 11 is 0. The zero-order valence-electron chi connectivity index (χ0n) is 10.5. The van der Waals surface area contributed by atoms with Gasteiger partial charge in [0.1, 0.15) is 5.69 Å². The average molecular weight is 293 g/mol. The van der Waals surface area contributed by atoms with Crippen LogP contribution >= 0.6 is 0 Å². The molecule has 0 unspecified atom stereocenters. The monoisotopic (exact) mass is 293 g/mol. The first kappa shape index (κ1) is 13.2. The number of carbonyl (C=O) groups is 1. The Hall–Kier alpha value is -2.83. The van der Waals surface area contributed by atoms with Crippen LogP contribution in [-0.2, 0) is 0 Å². The van der Waals surface area contributed by atoms with Gasteiger partial charge in [-0.2, -0.15) is 0 Å². The highest BCUT2D eigenvalue weighted by molar-refractivity contribution is 5.88. The van der Waals surface area contributed by atoms with E-state index in [4.69, 9.17) is 14.6 Å². The predicted molar refractivity (Wildman–Crippen MR) is 69.2 cm³/mol. The Balaban J connectivity index is 1.93. The van der Waals surface area contributed by atoms with Gasteiger partial charge in [-0.1, -0.05) is 0 Å². The number of carboxylic acids is 1. The van der Waals surface area contributed by atoms with Crippen LogP contribution < -0.4 is 14.8 Å². The number of nitrogens with one attached hydrogen (secondary N) is 1. The van der Waals surface area contributed by atoms with Crippen LogP contribution in [0.1, 0.15) is 10.4 Å². The van der Waals surface area contributed by atoms with E-state index in [0.717, 1.165) is 12.1 Å². The van der Waals surface area contributed by atoms with Crippen LogP contribution in [0.2, 0.25) is 0 Å². The van der Waals surface area contributed by atoms with Gasteiger partial charge in [0.2, 0.25) is 6.79 Å². The molecule has 0 bridgehead atoms. The van der Waals surface area contributed by atoms with Crippen molar-refractivity contribution in [2.45, 2.75) is 0 Å². The van der Waals surface area contributed by atoms with Gasteiger partial charge in [-0.15, -0.1) is 0 Å². The van der Waals surface area contributed by atoms with Crippen molar-refractivity contribution in [1.29, 1.82) is 0 Å². The minimum atomic E-state index is -1.40. The maximum absolute atomic E-state index is 13.8. The van der Waals surface area contributed by atoms with Crippen LogP contribution in [0.25, 0.3) is 0 Å². The Bertz CT molecular complexity index is 710. The number of halogens is 2. The lowest BCUT2D eigenvalue weighted by molar-refractivity contribution is 0.0696. The third-order valence-corrected chi connectivity index (χ3v) is 2.93. The number of hydrogen-bond acceptors (Lipinski definition) is 4. The van der Waals surface area contributed by atoms with Gasteiger partial charge in [0.15, 0.2) is 23.1 Å². The smallest absolute Gasteiger partial charge is 0.335 e. The summed E-state index contributed by atoms with van der Waals surface area (Å²) in [6, 6.07) is 6.21. The van der Waals surface area contributed by atoms with E-state index in [0.29, 0.717) is 17.2 Å². The van der Waals surface area contributed by atoms with Crippen molar-refractivity contribution in [3.8, 4) is 11.5 Å². The maximum atomic E-state index is 13.8. The number of rotatable bonds is 3. The number of benzene rings is 2. The Morgan fingerprint density at radius 3 is 2.43 bits per heavy atom. The highest BCUT2D eigenvalue weighted by Crippen LogP contribution is 2.35. The molecule has 2 aromatic rings. The van der Waals surface area contributed by atoms with E-state index in [2.05, 4.69) is 5.32 Å². The third-order valence-electron chi connectivity index (χ3n) is 2.93. The standard InChI is InChI=1S/C14H9F2NO4/c15-9-3-7(14(18)19)4-10(16)13(9)17-8-1-2-11-12(5-8)21-6-20-11/h1-5,17H,6H2,(H,18,19). The van der Waals surface area contributed by atoms with Gasteiger partial charge in [0.25, 0.3) is 0 Å². The second-order valence-electron chi connectivity index (χ2n) is 4.31. The SMILES string of the molecule is O=C(O)c1cc(F)c(Nc2ccc3c(c2)OCO3)c(F)c1. The molecular formula is C14H9F2NO4. The third kappa shape index (κ3) is 2.45. The molecule has 0 atom stereocenters. The van der Waals surface area contributed by atoms with Crippen LogP contribution in [0.4, 0.5) is 20.2 Å². The molecule has 7 heteroatoms. The van der Waals surface area contributed by atoms with Crippen LogP contribution in [0.15, 0.2) is 30.3 Å². The Labute approximate surface area is 117 Å². The molecule has 1 aliphatic rings. The molecule has 108 valence electrons. The first-order chi connectivity index (χ1) is 10.0. The summed E-state index contributed by atoms with van der Waals surface area (Å²) in [5.41, 5.74) is -0.500. The topological polar surface area (TPSA) is 67.8 Å². The summed E-state index contributed by atoms with van der Waals surface area (Å²) < 4.78 is 37.9. The van der Waals surface area contributed by atoms with Gasteiger partial charge < -0.3 is 19.9 Å². The molecule has 2 N–H and O–H groups in total. The van der Waals surface area contributed by atoms with E-state index < -0.39 is 28.9 Å². The van der Waals surface area contributed by atoms with Gasteiger partial charge in [-0.05, 0) is 24.3 Å². The van der Waals surface area contributed by atoms with Crippen LogP contribution in [-0.4, -0.2) is 17.9 Å². The second kappa shape index (κ2) is 4.93. The van der Waals surface area contributed by atoms with Crippen molar-refractivity contribution < 1.29 is 28.2 Å². The number of fused-ring (bicyclic) bond motifs is 1. The first-order valence-electron chi connectivity index (χ1n) is 5.93. The largest absolute Gasteiger partial charge is 0.478 e. The fourth-order valence-corrected chi connectivity index (χ4v) is 1.93. The Morgan fingerprint density at radius 2 is 1.76 bits per heavy atom. The fraction of sp³-hybridized carbons (Fsp3) is 0.0714. The van der Waals surface area contributed by atoms with Crippen molar-refractivity contribution >= 4 is 17.3 Å². The van der Waals surface area contributed by atoms with Crippen LogP contribution in [0.5, 0.6) is 11.5 Å². The number of carboxylic acid groups (broad SMARTS) is 1. The summed E-state index contributed by atoms with van der Waals surface area (Å²) in [5.74, 6) is -2.39. The first-order valence-corrected chi connectivity index (χ1v) is 5.93. The van der Waals surface area contributed by atoms with Gasteiger partial charge in [0.05, 0.1) is 5.56 Å². The number of ether oxygens (including phenoxy) is 2. The zero-order chi connectivity index (χ0) is 15.0. The summed E-state index contributed by atoms with van der Waals surface area (Å²) in [7, 11) is 0. The predicted octanol–water partition coefficient (Wildman–Crippen LogP) is 3.14. The van der Waals surface area contributed by atoms with Gasteiger partial charge in [0, 0.05) is 11.8 Å². The van der Waals surface area contributed by atoms with Gasteiger partial charge in [-0.25, -0.2) is 13.6 Å². The van der Waals surface area contributed by atoms with Crippen molar-refractivity contribution in [3.05, 3.63) is 47.5 Å². The number of anilines is 2.